The zero-order valence-corrected chi connectivity index (χ0v) is 17.8. The zero-order chi connectivity index (χ0) is 20.9. The maximum atomic E-state index is 10.5. The number of likely N-dealkylation sites (tertiary alicyclic amines) is 1. The fourth-order valence-corrected chi connectivity index (χ4v) is 3.96. The standard InChI is InChI=1S/C25H29N3O2/c1-27(2)25-17-22-16-20(4-5-21(22)18-26-25)19-6-8-23(9-7-19)30-24-10-13-28(14-11-24)12-3-15-29/h4-9,15-18,24H,3,10-14H2,1-2H3. The third-order valence-electron chi connectivity index (χ3n) is 5.75. The van der Waals surface area contributed by atoms with Gasteiger partial charge in [0.15, 0.2) is 0 Å². The van der Waals surface area contributed by atoms with Crippen LogP contribution in [0.4, 0.5) is 5.82 Å². The Bertz CT molecular complexity index is 993. The van der Waals surface area contributed by atoms with E-state index in [4.69, 9.17) is 4.74 Å². The molecule has 1 saturated heterocycles. The summed E-state index contributed by atoms with van der Waals surface area (Å²) in [6.07, 6.45) is 5.81. The smallest absolute Gasteiger partial charge is 0.128 e. The van der Waals surface area contributed by atoms with Gasteiger partial charge in [0.05, 0.1) is 0 Å². The molecule has 156 valence electrons. The molecule has 1 fully saturated rings. The van der Waals surface area contributed by atoms with Crippen molar-refractivity contribution in [1.82, 2.24) is 9.88 Å². The molecule has 3 aromatic rings. The van der Waals surface area contributed by atoms with Gasteiger partial charge in [-0.1, -0.05) is 24.3 Å². The fourth-order valence-electron chi connectivity index (χ4n) is 3.96. The van der Waals surface area contributed by atoms with Crippen molar-refractivity contribution in [3.8, 4) is 16.9 Å². The fraction of sp³-hybridized carbons (Fsp3) is 0.360. The van der Waals surface area contributed by atoms with Crippen LogP contribution in [-0.2, 0) is 4.79 Å². The van der Waals surface area contributed by atoms with E-state index in [1.165, 1.54) is 16.5 Å². The largest absolute Gasteiger partial charge is 0.490 e. The summed E-state index contributed by atoms with van der Waals surface area (Å²) in [7, 11) is 4.01. The van der Waals surface area contributed by atoms with E-state index in [0.717, 1.165) is 55.7 Å². The number of aromatic nitrogens is 1. The van der Waals surface area contributed by atoms with E-state index in [0.29, 0.717) is 6.42 Å². The average Bonchev–Trinajstić information content (AvgIpc) is 2.78. The molecule has 0 aliphatic carbocycles. The zero-order valence-electron chi connectivity index (χ0n) is 17.8. The van der Waals surface area contributed by atoms with E-state index < -0.39 is 0 Å². The molecule has 0 bridgehead atoms. The van der Waals surface area contributed by atoms with Crippen molar-refractivity contribution in [2.45, 2.75) is 25.4 Å². The van der Waals surface area contributed by atoms with E-state index in [9.17, 15) is 4.79 Å². The van der Waals surface area contributed by atoms with Crippen LogP contribution in [0, 0.1) is 0 Å². The molecule has 0 N–H and O–H groups in total. The Hall–Kier alpha value is -2.92. The summed E-state index contributed by atoms with van der Waals surface area (Å²) < 4.78 is 6.20. The summed E-state index contributed by atoms with van der Waals surface area (Å²) in [6.45, 7) is 2.86. The third kappa shape index (κ3) is 4.79. The highest BCUT2D eigenvalue weighted by Gasteiger charge is 2.20. The van der Waals surface area contributed by atoms with Crippen LogP contribution in [0.15, 0.2) is 54.7 Å². The number of piperidine rings is 1. The Balaban J connectivity index is 1.41. The van der Waals surface area contributed by atoms with Crippen molar-refractivity contribution < 1.29 is 9.53 Å². The van der Waals surface area contributed by atoms with Crippen LogP contribution in [0.3, 0.4) is 0 Å². The number of nitrogens with zero attached hydrogens (tertiary/aromatic N) is 3. The Morgan fingerprint density at radius 3 is 2.47 bits per heavy atom. The lowest BCUT2D eigenvalue weighted by molar-refractivity contribution is -0.108. The lowest BCUT2D eigenvalue weighted by Gasteiger charge is -2.31. The minimum absolute atomic E-state index is 0.251. The third-order valence-corrected chi connectivity index (χ3v) is 5.75. The summed E-state index contributed by atoms with van der Waals surface area (Å²) in [5, 5.41) is 2.33. The van der Waals surface area contributed by atoms with Gasteiger partial charge in [0.25, 0.3) is 0 Å². The maximum absolute atomic E-state index is 10.5. The van der Waals surface area contributed by atoms with E-state index >= 15 is 0 Å². The summed E-state index contributed by atoms with van der Waals surface area (Å²) in [6, 6.07) is 17.0. The lowest BCUT2D eigenvalue weighted by Crippen LogP contribution is -2.38. The highest BCUT2D eigenvalue weighted by atomic mass is 16.5. The van der Waals surface area contributed by atoms with Gasteiger partial charge in [0.2, 0.25) is 0 Å². The number of hydrogen-bond acceptors (Lipinski definition) is 5. The quantitative estimate of drug-likeness (QED) is 0.547. The van der Waals surface area contributed by atoms with Crippen LogP contribution in [0.5, 0.6) is 5.75 Å². The van der Waals surface area contributed by atoms with Gasteiger partial charge in [-0.15, -0.1) is 0 Å². The van der Waals surface area contributed by atoms with Crippen LogP contribution in [0.2, 0.25) is 0 Å². The second-order valence-electron chi connectivity index (χ2n) is 8.14. The molecule has 5 nitrogen and oxygen atoms in total. The number of aldehydes is 1. The van der Waals surface area contributed by atoms with Crippen molar-refractivity contribution in [3.63, 3.8) is 0 Å². The van der Waals surface area contributed by atoms with Gasteiger partial charge in [-0.05, 0) is 53.6 Å². The second-order valence-corrected chi connectivity index (χ2v) is 8.14. The first-order valence-electron chi connectivity index (χ1n) is 10.6. The van der Waals surface area contributed by atoms with Crippen molar-refractivity contribution in [1.29, 1.82) is 0 Å². The van der Waals surface area contributed by atoms with Crippen LogP contribution in [-0.4, -0.2) is 56.0 Å². The second kappa shape index (κ2) is 9.26. The molecule has 0 saturated carbocycles. The predicted octanol–water partition coefficient (Wildman–Crippen LogP) is 4.40. The van der Waals surface area contributed by atoms with E-state index in [-0.39, 0.29) is 6.10 Å². The van der Waals surface area contributed by atoms with Gasteiger partial charge in [-0.3, -0.25) is 0 Å². The predicted molar refractivity (Wildman–Crippen MR) is 122 cm³/mol. The molecule has 1 aromatic heterocycles. The monoisotopic (exact) mass is 403 g/mol. The van der Waals surface area contributed by atoms with Gasteiger partial charge < -0.3 is 19.3 Å². The molecule has 1 aliphatic rings. The van der Waals surface area contributed by atoms with Crippen LogP contribution >= 0.6 is 0 Å². The molecule has 0 unspecified atom stereocenters. The Labute approximate surface area is 178 Å². The van der Waals surface area contributed by atoms with E-state index in [1.54, 1.807) is 0 Å². The summed E-state index contributed by atoms with van der Waals surface area (Å²) in [4.78, 5) is 19.4. The molecular formula is C25H29N3O2. The van der Waals surface area contributed by atoms with Crippen molar-refractivity contribution in [2.24, 2.45) is 0 Å². The SMILES string of the molecule is CN(C)c1cc2cc(-c3ccc(OC4CCN(CCC=O)CC4)cc3)ccc2cn1. The number of anilines is 1. The van der Waals surface area contributed by atoms with Crippen molar-refractivity contribution in [2.75, 3.05) is 38.6 Å². The molecule has 2 aromatic carbocycles. The number of rotatable bonds is 7. The molecule has 5 heteroatoms. The molecule has 2 heterocycles. The first-order valence-corrected chi connectivity index (χ1v) is 10.6. The van der Waals surface area contributed by atoms with Crippen LogP contribution < -0.4 is 9.64 Å². The molecular weight excluding hydrogens is 374 g/mol. The number of benzene rings is 2. The molecule has 0 amide bonds. The molecule has 30 heavy (non-hydrogen) atoms. The van der Waals surface area contributed by atoms with Gasteiger partial charge in [0.1, 0.15) is 24.0 Å². The summed E-state index contributed by atoms with van der Waals surface area (Å²) in [5.41, 5.74) is 2.37. The number of carbonyl (C=O) groups excluding carboxylic acids is 1. The minimum Gasteiger partial charge on any atom is -0.490 e. The first-order chi connectivity index (χ1) is 14.6. The van der Waals surface area contributed by atoms with Crippen LogP contribution in [0.25, 0.3) is 21.9 Å². The topological polar surface area (TPSA) is 45.7 Å². The number of ether oxygens (including phenoxy) is 1. The van der Waals surface area contributed by atoms with Gasteiger partial charge in [-0.2, -0.15) is 0 Å². The van der Waals surface area contributed by atoms with E-state index in [2.05, 4.69) is 58.4 Å². The molecule has 0 spiro atoms. The summed E-state index contributed by atoms with van der Waals surface area (Å²) >= 11 is 0. The minimum atomic E-state index is 0.251. The van der Waals surface area contributed by atoms with Crippen molar-refractivity contribution in [3.05, 3.63) is 54.7 Å². The number of pyridine rings is 1. The average molecular weight is 404 g/mol. The molecule has 0 atom stereocenters. The van der Waals surface area contributed by atoms with Gasteiger partial charge >= 0.3 is 0 Å². The van der Waals surface area contributed by atoms with Crippen molar-refractivity contribution >= 4 is 22.9 Å². The van der Waals surface area contributed by atoms with E-state index in [1.807, 2.05) is 25.2 Å². The number of hydrogen-bond donors (Lipinski definition) is 0. The summed E-state index contributed by atoms with van der Waals surface area (Å²) in [5.74, 6) is 1.88. The maximum Gasteiger partial charge on any atom is 0.128 e. The number of carbonyl (C=O) groups is 1. The Morgan fingerprint density at radius 2 is 1.77 bits per heavy atom. The van der Waals surface area contributed by atoms with Crippen LogP contribution in [0.1, 0.15) is 19.3 Å². The van der Waals surface area contributed by atoms with Gasteiger partial charge in [-0.25, -0.2) is 4.98 Å². The Morgan fingerprint density at radius 1 is 1.03 bits per heavy atom. The number of fused-ring (bicyclic) bond motifs is 1. The highest BCUT2D eigenvalue weighted by Crippen LogP contribution is 2.28. The van der Waals surface area contributed by atoms with Gasteiger partial charge in [0, 0.05) is 51.7 Å². The Kier molecular flexibility index (Phi) is 6.29. The lowest BCUT2D eigenvalue weighted by atomic mass is 10.0. The molecule has 1 aliphatic heterocycles. The molecule has 0 radical (unpaired) electrons. The highest BCUT2D eigenvalue weighted by molar-refractivity contribution is 5.88. The normalized spacial score (nSPS) is 15.3. The first kappa shape index (κ1) is 20.4. The molecule has 4 rings (SSSR count).